The molecule has 0 bridgehead atoms. The van der Waals surface area contributed by atoms with Crippen LogP contribution in [0.2, 0.25) is 0 Å². The Kier molecular flexibility index (Phi) is 3.58. The first-order valence-corrected chi connectivity index (χ1v) is 4.72. The molecule has 5 heteroatoms. The Hall–Kier alpha value is -0.720. The van der Waals surface area contributed by atoms with E-state index in [1.54, 1.807) is 29.5 Å². The second-order valence-corrected chi connectivity index (χ2v) is 3.35. The van der Waals surface area contributed by atoms with Gasteiger partial charge in [-0.2, -0.15) is 4.39 Å². The minimum absolute atomic E-state index is 0.000217. The fourth-order valence-electron chi connectivity index (χ4n) is 0.736. The summed E-state index contributed by atoms with van der Waals surface area (Å²) in [5.41, 5.74) is -0.000217. The molecule has 0 saturated heterocycles. The first-order chi connectivity index (χ1) is 6.15. The number of halogens is 2. The Balaban J connectivity index is 2.90. The lowest BCUT2D eigenvalue weighted by Crippen LogP contribution is -2.08. The molecule has 13 heavy (non-hydrogen) atoms. The third-order valence-corrected chi connectivity index (χ3v) is 2.09. The summed E-state index contributed by atoms with van der Waals surface area (Å²) in [6.45, 7) is 1.94. The van der Waals surface area contributed by atoms with Gasteiger partial charge in [-0.3, -0.25) is 0 Å². The summed E-state index contributed by atoms with van der Waals surface area (Å²) in [5.74, 6) is -1.25. The summed E-state index contributed by atoms with van der Waals surface area (Å²) in [4.78, 5) is 14.5. The number of ether oxygens (including phenoxy) is 1. The maximum Gasteiger partial charge on any atom is 0.357 e. The van der Waals surface area contributed by atoms with Gasteiger partial charge in [-0.1, -0.05) is 0 Å². The normalized spacial score (nSPS) is 9.77. The maximum absolute atomic E-state index is 12.9. The van der Waals surface area contributed by atoms with Gasteiger partial charge in [0.25, 0.3) is 0 Å². The van der Waals surface area contributed by atoms with Crippen LogP contribution in [0.5, 0.6) is 0 Å². The molecule has 70 valence electrons. The predicted octanol–water partition coefficient (Wildman–Crippen LogP) is 2.00. The largest absolute Gasteiger partial charge is 0.461 e. The molecule has 1 aromatic heterocycles. The third-order valence-electron chi connectivity index (χ3n) is 1.29. The number of hydrogen-bond acceptors (Lipinski definition) is 3. The van der Waals surface area contributed by atoms with Gasteiger partial charge in [0.2, 0.25) is 5.95 Å². The summed E-state index contributed by atoms with van der Waals surface area (Å²) in [6.07, 6.45) is 0. The number of carbonyl (C=O) groups is 1. The van der Waals surface area contributed by atoms with Crippen LogP contribution in [0.1, 0.15) is 17.4 Å². The molecule has 0 amide bonds. The lowest BCUT2D eigenvalue weighted by atomic mass is 10.3. The highest BCUT2D eigenvalue weighted by atomic mass is 127. The Morgan fingerprint density at radius 3 is 2.92 bits per heavy atom. The van der Waals surface area contributed by atoms with E-state index in [1.807, 2.05) is 0 Å². The molecule has 0 saturated carbocycles. The van der Waals surface area contributed by atoms with Crippen LogP contribution in [0.15, 0.2) is 12.1 Å². The van der Waals surface area contributed by atoms with Gasteiger partial charge < -0.3 is 4.74 Å². The molecule has 0 N–H and O–H groups in total. The molecule has 0 spiro atoms. The van der Waals surface area contributed by atoms with Gasteiger partial charge in [-0.05, 0) is 41.6 Å². The smallest absolute Gasteiger partial charge is 0.357 e. The Morgan fingerprint density at radius 1 is 1.69 bits per heavy atom. The van der Waals surface area contributed by atoms with Crippen molar-refractivity contribution in [2.75, 3.05) is 6.61 Å². The fraction of sp³-hybridized carbons (Fsp3) is 0.250. The molecule has 0 fully saturated rings. The number of carbonyl (C=O) groups excluding carboxylic acids is 1. The van der Waals surface area contributed by atoms with Crippen LogP contribution in [0.25, 0.3) is 0 Å². The quantitative estimate of drug-likeness (QED) is 0.476. The minimum atomic E-state index is -0.647. The molecule has 1 aromatic rings. The van der Waals surface area contributed by atoms with Crippen LogP contribution < -0.4 is 0 Å². The molecule has 3 nitrogen and oxygen atoms in total. The summed E-state index contributed by atoms with van der Waals surface area (Å²) < 4.78 is 17.9. The average molecular weight is 295 g/mol. The van der Waals surface area contributed by atoms with E-state index in [0.717, 1.165) is 0 Å². The molecule has 0 unspecified atom stereocenters. The molecular weight excluding hydrogens is 288 g/mol. The SMILES string of the molecule is CCOC(=O)c1ccc(I)c(F)n1. The highest BCUT2D eigenvalue weighted by Crippen LogP contribution is 2.09. The van der Waals surface area contributed by atoms with Crippen LogP contribution >= 0.6 is 22.6 Å². The number of aromatic nitrogens is 1. The van der Waals surface area contributed by atoms with Crippen LogP contribution in [-0.2, 0) is 4.74 Å². The van der Waals surface area contributed by atoms with Crippen molar-refractivity contribution in [1.29, 1.82) is 0 Å². The van der Waals surface area contributed by atoms with Gasteiger partial charge >= 0.3 is 5.97 Å². The van der Waals surface area contributed by atoms with Crippen molar-refractivity contribution >= 4 is 28.6 Å². The summed E-state index contributed by atoms with van der Waals surface area (Å²) in [6, 6.07) is 2.91. The van der Waals surface area contributed by atoms with Gasteiger partial charge in [0, 0.05) is 0 Å². The molecule has 0 aromatic carbocycles. The predicted molar refractivity (Wildman–Crippen MR) is 52.9 cm³/mol. The zero-order valence-electron chi connectivity index (χ0n) is 6.88. The van der Waals surface area contributed by atoms with Gasteiger partial charge in [0.15, 0.2) is 5.69 Å². The van der Waals surface area contributed by atoms with E-state index in [2.05, 4.69) is 9.72 Å². The molecular formula is C8H7FINO2. The van der Waals surface area contributed by atoms with Crippen LogP contribution in [-0.4, -0.2) is 17.6 Å². The number of pyridine rings is 1. The molecule has 0 radical (unpaired) electrons. The average Bonchev–Trinajstić information content (AvgIpc) is 2.10. The van der Waals surface area contributed by atoms with E-state index in [-0.39, 0.29) is 12.3 Å². The van der Waals surface area contributed by atoms with Crippen molar-refractivity contribution in [3.8, 4) is 0 Å². The van der Waals surface area contributed by atoms with Crippen molar-refractivity contribution in [3.05, 3.63) is 27.3 Å². The van der Waals surface area contributed by atoms with Crippen LogP contribution in [0.4, 0.5) is 4.39 Å². The monoisotopic (exact) mass is 295 g/mol. The molecule has 1 rings (SSSR count). The molecule has 0 aliphatic heterocycles. The highest BCUT2D eigenvalue weighted by molar-refractivity contribution is 14.1. The molecule has 0 aliphatic rings. The van der Waals surface area contributed by atoms with Crippen LogP contribution in [0, 0.1) is 9.52 Å². The number of hydrogen-bond donors (Lipinski definition) is 0. The van der Waals surface area contributed by atoms with E-state index in [4.69, 9.17) is 0 Å². The summed E-state index contributed by atoms with van der Waals surface area (Å²) >= 11 is 1.80. The third kappa shape index (κ3) is 2.61. The van der Waals surface area contributed by atoms with Crippen LogP contribution in [0.3, 0.4) is 0 Å². The van der Waals surface area contributed by atoms with Crippen molar-refractivity contribution < 1.29 is 13.9 Å². The molecule has 0 atom stereocenters. The van der Waals surface area contributed by atoms with Gasteiger partial charge in [-0.25, -0.2) is 9.78 Å². The van der Waals surface area contributed by atoms with E-state index < -0.39 is 11.9 Å². The maximum atomic E-state index is 12.9. The number of rotatable bonds is 2. The lowest BCUT2D eigenvalue weighted by Gasteiger charge is -2.00. The summed E-state index contributed by atoms with van der Waals surface area (Å²) in [5, 5.41) is 0. The number of nitrogens with zero attached hydrogens (tertiary/aromatic N) is 1. The topological polar surface area (TPSA) is 39.2 Å². The Labute approximate surface area is 88.4 Å². The van der Waals surface area contributed by atoms with Crippen molar-refractivity contribution in [2.45, 2.75) is 6.92 Å². The van der Waals surface area contributed by atoms with Gasteiger partial charge in [0.1, 0.15) is 0 Å². The second kappa shape index (κ2) is 4.50. The van der Waals surface area contributed by atoms with Gasteiger partial charge in [-0.15, -0.1) is 0 Å². The first-order valence-electron chi connectivity index (χ1n) is 3.64. The fourth-order valence-corrected chi connectivity index (χ4v) is 1.04. The zero-order valence-corrected chi connectivity index (χ0v) is 9.04. The highest BCUT2D eigenvalue weighted by Gasteiger charge is 2.10. The molecule has 0 aliphatic carbocycles. The second-order valence-electron chi connectivity index (χ2n) is 2.19. The summed E-state index contributed by atoms with van der Waals surface area (Å²) in [7, 11) is 0. The van der Waals surface area contributed by atoms with E-state index >= 15 is 0 Å². The molecule has 1 heterocycles. The standard InChI is InChI=1S/C8H7FINO2/c1-2-13-8(12)6-4-3-5(10)7(9)11-6/h3-4H,2H2,1H3. The zero-order chi connectivity index (χ0) is 9.84. The van der Waals surface area contributed by atoms with E-state index in [1.165, 1.54) is 12.1 Å². The minimum Gasteiger partial charge on any atom is -0.461 e. The van der Waals surface area contributed by atoms with E-state index in [9.17, 15) is 9.18 Å². The van der Waals surface area contributed by atoms with Gasteiger partial charge in [0.05, 0.1) is 10.2 Å². The Bertz CT molecular complexity index is 330. The number of esters is 1. The van der Waals surface area contributed by atoms with Crippen molar-refractivity contribution in [2.24, 2.45) is 0 Å². The van der Waals surface area contributed by atoms with Crippen molar-refractivity contribution in [3.63, 3.8) is 0 Å². The Morgan fingerprint density at radius 2 is 2.38 bits per heavy atom. The van der Waals surface area contributed by atoms with E-state index in [0.29, 0.717) is 3.57 Å². The van der Waals surface area contributed by atoms with Crippen molar-refractivity contribution in [1.82, 2.24) is 4.98 Å². The lowest BCUT2D eigenvalue weighted by molar-refractivity contribution is 0.0518. The first kappa shape index (κ1) is 10.4.